The van der Waals surface area contributed by atoms with Crippen LogP contribution in [0, 0.1) is 0 Å². The smallest absolute Gasteiger partial charge is 0.261 e. The van der Waals surface area contributed by atoms with E-state index < -0.39 is 0 Å². The van der Waals surface area contributed by atoms with Gasteiger partial charge in [-0.2, -0.15) is 0 Å². The molecule has 1 aromatic carbocycles. The van der Waals surface area contributed by atoms with Crippen molar-refractivity contribution < 1.29 is 0 Å². The molecular weight excluding hydrogens is 298 g/mol. The predicted molar refractivity (Wildman–Crippen MR) is 92.6 cm³/mol. The third-order valence-corrected chi connectivity index (χ3v) is 4.18. The third-order valence-electron chi connectivity index (χ3n) is 3.94. The Morgan fingerprint density at radius 3 is 2.82 bits per heavy atom. The van der Waals surface area contributed by atoms with Crippen LogP contribution in [0.1, 0.15) is 51.4 Å². The van der Waals surface area contributed by atoms with Crippen molar-refractivity contribution in [2.75, 3.05) is 6.54 Å². The molecule has 1 aromatic heterocycles. The number of hydrogen-bond acceptors (Lipinski definition) is 3. The molecule has 0 unspecified atom stereocenters. The van der Waals surface area contributed by atoms with Crippen LogP contribution in [0.5, 0.6) is 0 Å². The summed E-state index contributed by atoms with van der Waals surface area (Å²) in [6.07, 6.45) is 4.87. The van der Waals surface area contributed by atoms with E-state index in [9.17, 15) is 4.79 Å². The first-order valence-corrected chi connectivity index (χ1v) is 8.32. The highest BCUT2D eigenvalue weighted by atomic mass is 35.5. The molecule has 5 heteroatoms. The van der Waals surface area contributed by atoms with E-state index in [1.807, 2.05) is 6.92 Å². The molecule has 0 spiro atoms. The molecule has 1 N–H and O–H groups in total. The minimum atomic E-state index is -0.0312. The van der Waals surface area contributed by atoms with Gasteiger partial charge in [-0.3, -0.25) is 9.36 Å². The van der Waals surface area contributed by atoms with Gasteiger partial charge in [-0.25, -0.2) is 4.98 Å². The Balaban J connectivity index is 2.19. The second-order valence-electron chi connectivity index (χ2n) is 5.73. The maximum Gasteiger partial charge on any atom is 0.261 e. The Morgan fingerprint density at radius 2 is 2.09 bits per heavy atom. The fraction of sp³-hybridized carbons (Fsp3) is 0.529. The van der Waals surface area contributed by atoms with Gasteiger partial charge in [0.1, 0.15) is 5.82 Å². The highest BCUT2D eigenvalue weighted by molar-refractivity contribution is 6.31. The minimum absolute atomic E-state index is 0.0303. The van der Waals surface area contributed by atoms with Gasteiger partial charge in [0.15, 0.2) is 0 Å². The highest BCUT2D eigenvalue weighted by Crippen LogP contribution is 2.17. The Morgan fingerprint density at radius 1 is 1.32 bits per heavy atom. The normalized spacial score (nSPS) is 12.7. The SMILES string of the molecule is CCCCCCN[C@H](C)c1nc2cc(Cl)ccc2c(=O)n1C. The summed E-state index contributed by atoms with van der Waals surface area (Å²) in [5.74, 6) is 0.746. The summed E-state index contributed by atoms with van der Waals surface area (Å²) in [5, 5.41) is 4.65. The molecule has 0 aliphatic heterocycles. The first-order chi connectivity index (χ1) is 10.5. The summed E-state index contributed by atoms with van der Waals surface area (Å²) in [6, 6.07) is 5.24. The maximum atomic E-state index is 12.4. The molecule has 2 rings (SSSR count). The topological polar surface area (TPSA) is 46.9 Å². The highest BCUT2D eigenvalue weighted by Gasteiger charge is 2.14. The van der Waals surface area contributed by atoms with E-state index in [1.54, 1.807) is 29.8 Å². The van der Waals surface area contributed by atoms with E-state index in [1.165, 1.54) is 19.3 Å². The molecule has 0 aliphatic rings. The number of unbranched alkanes of at least 4 members (excludes halogenated alkanes) is 3. The van der Waals surface area contributed by atoms with Crippen LogP contribution in [0.4, 0.5) is 0 Å². The largest absolute Gasteiger partial charge is 0.308 e. The second kappa shape index (κ2) is 7.75. The lowest BCUT2D eigenvalue weighted by atomic mass is 10.2. The Bertz CT molecular complexity index is 696. The summed E-state index contributed by atoms with van der Waals surface area (Å²) in [7, 11) is 1.77. The van der Waals surface area contributed by atoms with Crippen LogP contribution < -0.4 is 10.9 Å². The molecule has 0 aliphatic carbocycles. The van der Waals surface area contributed by atoms with E-state index in [2.05, 4.69) is 17.2 Å². The molecular formula is C17H24ClN3O. The van der Waals surface area contributed by atoms with Crippen LogP contribution in [-0.4, -0.2) is 16.1 Å². The number of benzene rings is 1. The zero-order valence-corrected chi connectivity index (χ0v) is 14.3. The van der Waals surface area contributed by atoms with E-state index in [4.69, 9.17) is 11.6 Å². The van der Waals surface area contributed by atoms with Crippen molar-refractivity contribution in [3.63, 3.8) is 0 Å². The molecule has 2 aromatic rings. The Hall–Kier alpha value is -1.39. The Kier molecular flexibility index (Phi) is 5.98. The van der Waals surface area contributed by atoms with Crippen LogP contribution in [-0.2, 0) is 7.05 Å². The fourth-order valence-electron chi connectivity index (χ4n) is 2.61. The zero-order valence-electron chi connectivity index (χ0n) is 13.5. The lowest BCUT2D eigenvalue weighted by molar-refractivity contribution is 0.500. The molecule has 0 saturated carbocycles. The van der Waals surface area contributed by atoms with Crippen LogP contribution in [0.2, 0.25) is 5.02 Å². The van der Waals surface area contributed by atoms with Gasteiger partial charge in [-0.15, -0.1) is 0 Å². The standard InChI is InChI=1S/C17H24ClN3O/c1-4-5-6-7-10-19-12(2)16-20-15-11-13(18)8-9-14(15)17(22)21(16)3/h8-9,11-12,19H,4-7,10H2,1-3H3/t12-/m1/s1. The molecule has 22 heavy (non-hydrogen) atoms. The summed E-state index contributed by atoms with van der Waals surface area (Å²) in [4.78, 5) is 17.1. The fourth-order valence-corrected chi connectivity index (χ4v) is 2.78. The molecule has 0 radical (unpaired) electrons. The molecule has 120 valence electrons. The summed E-state index contributed by atoms with van der Waals surface area (Å²) < 4.78 is 1.62. The van der Waals surface area contributed by atoms with Crippen LogP contribution in [0.15, 0.2) is 23.0 Å². The van der Waals surface area contributed by atoms with Crippen LogP contribution in [0.3, 0.4) is 0 Å². The van der Waals surface area contributed by atoms with Gasteiger partial charge in [0.2, 0.25) is 0 Å². The van der Waals surface area contributed by atoms with Gasteiger partial charge in [-0.05, 0) is 38.1 Å². The number of fused-ring (bicyclic) bond motifs is 1. The molecule has 1 heterocycles. The van der Waals surface area contributed by atoms with Crippen molar-refractivity contribution in [1.82, 2.24) is 14.9 Å². The summed E-state index contributed by atoms with van der Waals surface area (Å²) in [6.45, 7) is 5.18. The van der Waals surface area contributed by atoms with Crippen molar-refractivity contribution in [2.45, 2.75) is 45.6 Å². The van der Waals surface area contributed by atoms with E-state index in [0.29, 0.717) is 15.9 Å². The van der Waals surface area contributed by atoms with E-state index >= 15 is 0 Å². The second-order valence-corrected chi connectivity index (χ2v) is 6.17. The van der Waals surface area contributed by atoms with Crippen LogP contribution in [0.25, 0.3) is 10.9 Å². The molecule has 0 amide bonds. The lowest BCUT2D eigenvalue weighted by Crippen LogP contribution is -2.29. The number of nitrogens with zero attached hydrogens (tertiary/aromatic N) is 2. The molecule has 4 nitrogen and oxygen atoms in total. The van der Waals surface area contributed by atoms with Crippen molar-refractivity contribution in [3.05, 3.63) is 39.4 Å². The minimum Gasteiger partial charge on any atom is -0.308 e. The average Bonchev–Trinajstić information content (AvgIpc) is 2.50. The van der Waals surface area contributed by atoms with Gasteiger partial charge in [0.25, 0.3) is 5.56 Å². The summed E-state index contributed by atoms with van der Waals surface area (Å²) >= 11 is 6.01. The van der Waals surface area contributed by atoms with E-state index in [-0.39, 0.29) is 11.6 Å². The quantitative estimate of drug-likeness (QED) is 0.789. The molecule has 1 atom stereocenters. The van der Waals surface area contributed by atoms with Gasteiger partial charge in [0, 0.05) is 12.1 Å². The summed E-state index contributed by atoms with van der Waals surface area (Å²) in [5.41, 5.74) is 0.626. The number of rotatable bonds is 7. The molecule has 0 bridgehead atoms. The first kappa shape index (κ1) is 17.0. The van der Waals surface area contributed by atoms with Crippen molar-refractivity contribution >= 4 is 22.5 Å². The Labute approximate surface area is 136 Å². The first-order valence-electron chi connectivity index (χ1n) is 7.94. The third kappa shape index (κ3) is 3.87. The van der Waals surface area contributed by atoms with Crippen molar-refractivity contribution in [3.8, 4) is 0 Å². The number of aromatic nitrogens is 2. The average molecular weight is 322 g/mol. The monoisotopic (exact) mass is 321 g/mol. The lowest BCUT2D eigenvalue weighted by Gasteiger charge is -2.17. The molecule has 0 saturated heterocycles. The zero-order chi connectivity index (χ0) is 16.1. The van der Waals surface area contributed by atoms with Crippen molar-refractivity contribution in [1.29, 1.82) is 0 Å². The van der Waals surface area contributed by atoms with Gasteiger partial charge >= 0.3 is 0 Å². The van der Waals surface area contributed by atoms with Crippen LogP contribution >= 0.6 is 11.6 Å². The van der Waals surface area contributed by atoms with Crippen molar-refractivity contribution in [2.24, 2.45) is 7.05 Å². The number of hydrogen-bond donors (Lipinski definition) is 1. The maximum absolute atomic E-state index is 12.4. The predicted octanol–water partition coefficient (Wildman–Crippen LogP) is 3.82. The van der Waals surface area contributed by atoms with E-state index in [0.717, 1.165) is 18.8 Å². The van der Waals surface area contributed by atoms with Gasteiger partial charge < -0.3 is 5.32 Å². The molecule has 0 fully saturated rings. The number of halogens is 1. The van der Waals surface area contributed by atoms with Gasteiger partial charge in [0.05, 0.1) is 16.9 Å². The van der Waals surface area contributed by atoms with Gasteiger partial charge in [-0.1, -0.05) is 37.8 Å². The number of nitrogens with one attached hydrogen (secondary N) is 1.